The van der Waals surface area contributed by atoms with Crippen LogP contribution >= 0.6 is 0 Å². The topological polar surface area (TPSA) is 126 Å². The van der Waals surface area contributed by atoms with Crippen LogP contribution in [0.5, 0.6) is 0 Å². The molecule has 0 saturated carbocycles. The van der Waals surface area contributed by atoms with Crippen molar-refractivity contribution in [3.05, 3.63) is 0 Å². The van der Waals surface area contributed by atoms with Crippen molar-refractivity contribution in [2.45, 2.75) is 0 Å². The number of carbonyl (C=O) groups excluding carboxylic acids is 2. The third-order valence-electron chi connectivity index (χ3n) is 0. The molecule has 0 fully saturated rings. The van der Waals surface area contributed by atoms with Crippen molar-refractivity contribution >= 4 is 12.3 Å². The summed E-state index contributed by atoms with van der Waals surface area (Å²) in [7, 11) is 0. The molecule has 0 amide bonds. The summed E-state index contributed by atoms with van der Waals surface area (Å²) in [6.07, 6.45) is -4.67. The predicted molar refractivity (Wildman–Crippen MR) is 10.8 cm³/mol. The molecule has 0 unspecified atom stereocenters. The third-order valence-corrected chi connectivity index (χ3v) is 0. The Balaban J connectivity index is -0.0000000300. The Morgan fingerprint density at radius 1 is 0.800 bits per heavy atom. The van der Waals surface area contributed by atoms with Gasteiger partial charge in [0.25, 0.3) is 0 Å². The summed E-state index contributed by atoms with van der Waals surface area (Å²) in [5.74, 6) is 0. The first-order chi connectivity index (χ1) is 3.46. The fraction of sp³-hybridized carbons (Fsp3) is 0. The molecule has 0 N–H and O–H groups in total. The summed E-state index contributed by atoms with van der Waals surface area (Å²) in [5.41, 5.74) is 0. The van der Waals surface area contributed by atoms with Crippen molar-refractivity contribution < 1.29 is 66.0 Å². The smallest absolute Gasteiger partial charge is 0.652 e. The molecule has 0 saturated heterocycles. The molecule has 6 nitrogen and oxygen atoms in total. The standard InChI is InChI=1S/2CH2O3.Ni.Zn/c2*2-1(3)4;;/h2*(H2,2,3,4);;/q;;2*+2/p-4. The fourth-order valence-corrected chi connectivity index (χ4v) is 0. The van der Waals surface area contributed by atoms with Crippen molar-refractivity contribution in [3.63, 3.8) is 0 Å². The molecule has 0 spiro atoms. The summed E-state index contributed by atoms with van der Waals surface area (Å²) in [6, 6.07) is 0. The van der Waals surface area contributed by atoms with Crippen molar-refractivity contribution in [1.29, 1.82) is 0 Å². The van der Waals surface area contributed by atoms with E-state index in [1.165, 1.54) is 0 Å². The van der Waals surface area contributed by atoms with Crippen LogP contribution < -0.4 is 20.4 Å². The number of carboxylic acid groups (broad SMARTS) is 4. The zero-order chi connectivity index (χ0) is 7.15. The van der Waals surface area contributed by atoms with E-state index in [4.69, 9.17) is 30.0 Å². The summed E-state index contributed by atoms with van der Waals surface area (Å²) in [4.78, 5) is 16.7. The van der Waals surface area contributed by atoms with Gasteiger partial charge in [0, 0.05) is 0 Å². The van der Waals surface area contributed by atoms with Gasteiger partial charge in [0.2, 0.25) is 0 Å². The van der Waals surface area contributed by atoms with Crippen molar-refractivity contribution in [3.8, 4) is 0 Å². The molecular formula is C2NiO6Zn. The molecule has 0 rings (SSSR count). The van der Waals surface area contributed by atoms with Crippen LogP contribution in [0.15, 0.2) is 0 Å². The van der Waals surface area contributed by atoms with Crippen LogP contribution in [0.3, 0.4) is 0 Å². The van der Waals surface area contributed by atoms with Crippen LogP contribution in [0, 0.1) is 0 Å². The number of carbonyl (C=O) groups is 2. The predicted octanol–water partition coefficient (Wildman–Crippen LogP) is -4.90. The maximum atomic E-state index is 8.33. The van der Waals surface area contributed by atoms with E-state index in [1.54, 1.807) is 0 Å². The van der Waals surface area contributed by atoms with E-state index in [9.17, 15) is 0 Å². The van der Waals surface area contributed by atoms with Gasteiger partial charge in [-0.3, -0.25) is 0 Å². The van der Waals surface area contributed by atoms with Gasteiger partial charge in [-0.2, -0.15) is 0 Å². The number of hydrogen-bond donors (Lipinski definition) is 0. The van der Waals surface area contributed by atoms with E-state index in [2.05, 4.69) is 0 Å². The summed E-state index contributed by atoms with van der Waals surface area (Å²) in [5, 5.41) is 33.3. The van der Waals surface area contributed by atoms with Gasteiger partial charge in [-0.05, 0) is 12.3 Å². The Hall–Kier alpha value is -0.343. The second kappa shape index (κ2) is 15.9. The van der Waals surface area contributed by atoms with Crippen LogP contribution in [0.1, 0.15) is 0 Å². The maximum absolute atomic E-state index is 8.33. The van der Waals surface area contributed by atoms with Crippen molar-refractivity contribution in [1.82, 2.24) is 0 Å². The van der Waals surface area contributed by atoms with E-state index >= 15 is 0 Å². The molecular weight excluding hydrogens is 244 g/mol. The average molecular weight is 244 g/mol. The molecule has 0 bridgehead atoms. The van der Waals surface area contributed by atoms with Gasteiger partial charge in [0.1, 0.15) is 0 Å². The van der Waals surface area contributed by atoms with Gasteiger partial charge in [0.15, 0.2) is 0 Å². The van der Waals surface area contributed by atoms with Crippen molar-refractivity contribution in [2.24, 2.45) is 0 Å². The zero-order valence-corrected chi connectivity index (χ0v) is 8.43. The monoisotopic (exact) mass is 242 g/mol. The van der Waals surface area contributed by atoms with E-state index < -0.39 is 12.3 Å². The first kappa shape index (κ1) is 22.6. The molecule has 0 aliphatic heterocycles. The van der Waals surface area contributed by atoms with E-state index in [-0.39, 0.29) is 36.0 Å². The molecule has 0 aromatic carbocycles. The van der Waals surface area contributed by atoms with Gasteiger partial charge < -0.3 is 30.0 Å². The molecule has 0 radical (unpaired) electrons. The zero-order valence-electron chi connectivity index (χ0n) is 4.47. The molecule has 10 heavy (non-hydrogen) atoms. The minimum absolute atomic E-state index is 0. The molecule has 0 heterocycles. The SMILES string of the molecule is O=C([O-])[O-].O=C([O-])[O-].[Ni+2].[Zn+2]. The molecule has 0 atom stereocenters. The van der Waals surface area contributed by atoms with Crippen molar-refractivity contribution in [2.75, 3.05) is 0 Å². The molecule has 0 aromatic heterocycles. The first-order valence-electron chi connectivity index (χ1n) is 1.22. The minimum atomic E-state index is -2.33. The van der Waals surface area contributed by atoms with Gasteiger partial charge in [-0.25, -0.2) is 0 Å². The quantitative estimate of drug-likeness (QED) is 0.393. The normalized spacial score (nSPS) is 4.80. The maximum Gasteiger partial charge on any atom is 2.00 e. The summed E-state index contributed by atoms with van der Waals surface area (Å²) >= 11 is 0. The first-order valence-corrected chi connectivity index (χ1v) is 1.22. The fourth-order valence-electron chi connectivity index (χ4n) is 0. The van der Waals surface area contributed by atoms with E-state index in [0.717, 1.165) is 0 Å². The van der Waals surface area contributed by atoms with E-state index in [0.29, 0.717) is 0 Å². The van der Waals surface area contributed by atoms with Gasteiger partial charge in [-0.15, -0.1) is 0 Å². The largest absolute Gasteiger partial charge is 2.00 e. The summed E-state index contributed by atoms with van der Waals surface area (Å²) in [6.45, 7) is 0. The molecule has 0 aromatic rings. The minimum Gasteiger partial charge on any atom is -0.652 e. The number of rotatable bonds is 0. The Bertz CT molecular complexity index is 73.7. The van der Waals surface area contributed by atoms with Crippen LogP contribution in [0.25, 0.3) is 0 Å². The molecule has 0 aliphatic rings. The Labute approximate surface area is 78.5 Å². The second-order valence-corrected chi connectivity index (χ2v) is 0.500. The summed E-state index contributed by atoms with van der Waals surface area (Å²) < 4.78 is 0. The molecule has 0 aliphatic carbocycles. The van der Waals surface area contributed by atoms with Crippen LogP contribution in [0.2, 0.25) is 0 Å². The van der Waals surface area contributed by atoms with Gasteiger partial charge in [-0.1, -0.05) is 0 Å². The Morgan fingerprint density at radius 2 is 0.800 bits per heavy atom. The van der Waals surface area contributed by atoms with Gasteiger partial charge >= 0.3 is 36.0 Å². The number of hydrogen-bond acceptors (Lipinski definition) is 6. The van der Waals surface area contributed by atoms with Gasteiger partial charge in [0.05, 0.1) is 0 Å². The molecule has 56 valence electrons. The van der Waals surface area contributed by atoms with E-state index in [1.807, 2.05) is 0 Å². The average Bonchev–Trinajstić information content (AvgIpc) is 1.25. The van der Waals surface area contributed by atoms with Crippen LogP contribution in [-0.2, 0) is 36.0 Å². The Morgan fingerprint density at radius 3 is 0.800 bits per heavy atom. The third kappa shape index (κ3) is 2880. The van der Waals surface area contributed by atoms with Crippen LogP contribution in [-0.4, -0.2) is 12.3 Å². The van der Waals surface area contributed by atoms with Crippen LogP contribution in [0.4, 0.5) is 9.59 Å². The molecule has 8 heteroatoms. The second-order valence-electron chi connectivity index (χ2n) is 0.500. The Kier molecular flexibility index (Phi) is 35.9.